The van der Waals surface area contributed by atoms with Crippen LogP contribution in [0.2, 0.25) is 0 Å². The Morgan fingerprint density at radius 1 is 1.28 bits per heavy atom. The molecule has 3 heterocycles. The number of ether oxygens (including phenoxy) is 1. The lowest BCUT2D eigenvalue weighted by molar-refractivity contribution is 0.101. The molecule has 0 bridgehead atoms. The summed E-state index contributed by atoms with van der Waals surface area (Å²) in [5, 5.41) is 5.81. The van der Waals surface area contributed by atoms with Gasteiger partial charge in [0.25, 0.3) is 0 Å². The van der Waals surface area contributed by atoms with Crippen LogP contribution in [-0.2, 0) is 6.54 Å². The average molecular weight is 393 g/mol. The number of ketones is 1. The fourth-order valence-electron chi connectivity index (χ4n) is 4.08. The van der Waals surface area contributed by atoms with E-state index in [0.717, 1.165) is 28.0 Å². The molecule has 0 N–H and O–H groups in total. The summed E-state index contributed by atoms with van der Waals surface area (Å²) < 4.78 is 10.0. The van der Waals surface area contributed by atoms with E-state index in [1.54, 1.807) is 12.3 Å². The van der Waals surface area contributed by atoms with Crippen molar-refractivity contribution >= 4 is 16.7 Å². The molecule has 6 nitrogen and oxygen atoms in total. The second-order valence-electron chi connectivity index (χ2n) is 9.13. The molecule has 3 aromatic rings. The number of Topliss-reactive ketones (excluding diaryl/α,β-unsaturated/α-hetero) is 1. The first-order valence-corrected chi connectivity index (χ1v) is 10.0. The third-order valence-corrected chi connectivity index (χ3v) is 5.48. The molecule has 0 aliphatic carbocycles. The number of hydrogen-bond donors (Lipinski definition) is 0. The minimum absolute atomic E-state index is 0.0367. The maximum absolute atomic E-state index is 12.7. The quantitative estimate of drug-likeness (QED) is 0.617. The highest BCUT2D eigenvalue weighted by molar-refractivity contribution is 5.97. The van der Waals surface area contributed by atoms with Crippen molar-refractivity contribution in [1.82, 2.24) is 14.3 Å². The molecular formula is C23H27N3O3. The van der Waals surface area contributed by atoms with Gasteiger partial charge >= 0.3 is 0 Å². The normalized spacial score (nSPS) is 16.0. The molecule has 1 unspecified atom stereocenters. The largest absolute Gasteiger partial charge is 0.489 e. The number of pyridine rings is 1. The van der Waals surface area contributed by atoms with E-state index in [0.29, 0.717) is 6.54 Å². The number of carbonyl (C=O) groups excluding carboxylic acids is 1. The van der Waals surface area contributed by atoms with Crippen LogP contribution in [0.15, 0.2) is 35.3 Å². The molecule has 152 valence electrons. The van der Waals surface area contributed by atoms with E-state index >= 15 is 0 Å². The molecule has 2 aromatic heterocycles. The Morgan fingerprint density at radius 3 is 2.62 bits per heavy atom. The van der Waals surface area contributed by atoms with E-state index < -0.39 is 0 Å². The summed E-state index contributed by atoms with van der Waals surface area (Å²) in [5.74, 6) is 0.524. The van der Waals surface area contributed by atoms with E-state index in [1.807, 2.05) is 36.7 Å². The van der Waals surface area contributed by atoms with Crippen molar-refractivity contribution in [1.29, 1.82) is 0 Å². The standard InChI is InChI=1S/C23H27N3O3/c1-13(2)29-19-9-7-8-15-21(19)24-26-12-20(23(4,5)6)25-11-16(14(3)27)18(28)10-17(25)22(15)26/h7-11,13,20H,12H2,1-6H3. The Morgan fingerprint density at radius 2 is 2.00 bits per heavy atom. The number of aromatic nitrogens is 3. The van der Waals surface area contributed by atoms with Gasteiger partial charge in [0.05, 0.1) is 35.6 Å². The van der Waals surface area contributed by atoms with Gasteiger partial charge in [0.15, 0.2) is 11.2 Å². The molecule has 0 saturated carbocycles. The van der Waals surface area contributed by atoms with Crippen LogP contribution in [0.4, 0.5) is 0 Å². The van der Waals surface area contributed by atoms with Crippen LogP contribution in [0.5, 0.6) is 5.75 Å². The number of fused-ring (bicyclic) bond motifs is 5. The highest BCUT2D eigenvalue weighted by atomic mass is 16.5. The highest BCUT2D eigenvalue weighted by Crippen LogP contribution is 2.43. The van der Waals surface area contributed by atoms with Gasteiger partial charge in [-0.15, -0.1) is 0 Å². The van der Waals surface area contributed by atoms with E-state index in [2.05, 4.69) is 25.3 Å². The first kappa shape index (κ1) is 19.4. The van der Waals surface area contributed by atoms with Crippen LogP contribution in [0, 0.1) is 5.41 Å². The van der Waals surface area contributed by atoms with Crippen LogP contribution in [0.1, 0.15) is 57.9 Å². The summed E-state index contributed by atoms with van der Waals surface area (Å²) in [6.45, 7) is 12.6. The third-order valence-electron chi connectivity index (χ3n) is 5.48. The lowest BCUT2D eigenvalue weighted by Crippen LogP contribution is -2.35. The van der Waals surface area contributed by atoms with Gasteiger partial charge in [0.1, 0.15) is 11.3 Å². The molecule has 0 fully saturated rings. The summed E-state index contributed by atoms with van der Waals surface area (Å²) in [7, 11) is 0. The second kappa shape index (κ2) is 6.58. The van der Waals surface area contributed by atoms with Gasteiger partial charge in [0.2, 0.25) is 0 Å². The van der Waals surface area contributed by atoms with Gasteiger partial charge in [-0.1, -0.05) is 32.9 Å². The Bertz CT molecular complexity index is 1180. The summed E-state index contributed by atoms with van der Waals surface area (Å²) >= 11 is 0. The fraction of sp³-hybridized carbons (Fsp3) is 0.435. The lowest BCUT2D eigenvalue weighted by Gasteiger charge is -2.38. The Labute approximate surface area is 170 Å². The van der Waals surface area contributed by atoms with E-state index in [9.17, 15) is 9.59 Å². The van der Waals surface area contributed by atoms with E-state index in [-0.39, 0.29) is 34.3 Å². The van der Waals surface area contributed by atoms with Gasteiger partial charge in [-0.2, -0.15) is 5.10 Å². The monoisotopic (exact) mass is 393 g/mol. The fourth-order valence-corrected chi connectivity index (χ4v) is 4.08. The number of nitrogens with zero attached hydrogens (tertiary/aromatic N) is 3. The van der Waals surface area contributed by atoms with Crippen LogP contribution in [0.25, 0.3) is 22.3 Å². The topological polar surface area (TPSA) is 66.1 Å². The van der Waals surface area contributed by atoms with E-state index in [4.69, 9.17) is 9.84 Å². The summed E-state index contributed by atoms with van der Waals surface area (Å²) in [5.41, 5.74) is 2.35. The average Bonchev–Trinajstić information content (AvgIpc) is 2.99. The molecule has 1 atom stereocenters. The van der Waals surface area contributed by atoms with Crippen molar-refractivity contribution in [3.63, 3.8) is 0 Å². The molecule has 0 spiro atoms. The molecule has 6 heteroatoms. The van der Waals surface area contributed by atoms with Gasteiger partial charge in [-0.3, -0.25) is 14.3 Å². The number of carbonyl (C=O) groups is 1. The number of benzene rings is 1. The van der Waals surface area contributed by atoms with Crippen LogP contribution in [-0.4, -0.2) is 26.2 Å². The first-order chi connectivity index (χ1) is 13.6. The molecular weight excluding hydrogens is 366 g/mol. The Kier molecular flexibility index (Phi) is 4.41. The third kappa shape index (κ3) is 3.16. The minimum atomic E-state index is -0.256. The van der Waals surface area contributed by atoms with Gasteiger partial charge < -0.3 is 9.30 Å². The minimum Gasteiger partial charge on any atom is -0.489 e. The molecule has 0 radical (unpaired) electrons. The zero-order valence-corrected chi connectivity index (χ0v) is 17.8. The molecule has 29 heavy (non-hydrogen) atoms. The smallest absolute Gasteiger partial charge is 0.193 e. The van der Waals surface area contributed by atoms with Gasteiger partial charge in [0, 0.05) is 17.6 Å². The summed E-state index contributed by atoms with van der Waals surface area (Å²) in [4.78, 5) is 24.7. The highest BCUT2D eigenvalue weighted by Gasteiger charge is 2.35. The van der Waals surface area contributed by atoms with Crippen LogP contribution in [0.3, 0.4) is 0 Å². The predicted molar refractivity (Wildman–Crippen MR) is 114 cm³/mol. The first-order valence-electron chi connectivity index (χ1n) is 10.0. The van der Waals surface area contributed by atoms with Crippen molar-refractivity contribution < 1.29 is 9.53 Å². The molecule has 1 aliphatic heterocycles. The number of rotatable bonds is 3. The predicted octanol–water partition coefficient (Wildman–Crippen LogP) is 4.46. The van der Waals surface area contributed by atoms with Crippen molar-refractivity contribution in [2.75, 3.05) is 0 Å². The number of hydrogen-bond acceptors (Lipinski definition) is 4. The van der Waals surface area contributed by atoms with Crippen molar-refractivity contribution in [2.45, 2.75) is 60.2 Å². The zero-order chi connectivity index (χ0) is 21.1. The van der Waals surface area contributed by atoms with E-state index in [1.165, 1.54) is 6.92 Å². The summed E-state index contributed by atoms with van der Waals surface area (Å²) in [6, 6.07) is 7.51. The lowest BCUT2D eigenvalue weighted by atomic mass is 9.84. The Balaban J connectivity index is 2.04. The zero-order valence-electron chi connectivity index (χ0n) is 17.8. The van der Waals surface area contributed by atoms with Crippen LogP contribution >= 0.6 is 0 Å². The Hall–Kier alpha value is -2.89. The van der Waals surface area contributed by atoms with Crippen molar-refractivity contribution in [3.05, 3.63) is 46.2 Å². The molecule has 1 aromatic carbocycles. The van der Waals surface area contributed by atoms with Crippen molar-refractivity contribution in [3.8, 4) is 17.1 Å². The summed E-state index contributed by atoms with van der Waals surface area (Å²) in [6.07, 6.45) is 1.77. The molecule has 4 rings (SSSR count). The second-order valence-corrected chi connectivity index (χ2v) is 9.13. The molecule has 0 saturated heterocycles. The van der Waals surface area contributed by atoms with Crippen LogP contribution < -0.4 is 10.2 Å². The molecule has 1 aliphatic rings. The molecule has 0 amide bonds. The van der Waals surface area contributed by atoms with Gasteiger partial charge in [-0.25, -0.2) is 0 Å². The van der Waals surface area contributed by atoms with Gasteiger partial charge in [-0.05, 0) is 32.3 Å². The SMILES string of the molecule is CC(=O)c1cn2c(cc1=O)-c1c3cccc(OC(C)C)c3nn1CC2C(C)(C)C. The maximum Gasteiger partial charge on any atom is 0.193 e. The van der Waals surface area contributed by atoms with Crippen molar-refractivity contribution in [2.24, 2.45) is 5.41 Å². The maximum atomic E-state index is 12.7.